The number of nitrogens with two attached hydrogens (primary N) is 1. The average molecular weight is 478 g/mol. The van der Waals surface area contributed by atoms with Crippen molar-refractivity contribution in [3.63, 3.8) is 0 Å². The van der Waals surface area contributed by atoms with Gasteiger partial charge >= 0.3 is 0 Å². The van der Waals surface area contributed by atoms with Crippen molar-refractivity contribution in [1.29, 1.82) is 0 Å². The van der Waals surface area contributed by atoms with Crippen molar-refractivity contribution in [3.05, 3.63) is 52.9 Å². The molecule has 0 spiro atoms. The van der Waals surface area contributed by atoms with Gasteiger partial charge in [-0.25, -0.2) is 8.78 Å². The largest absolute Gasteiger partial charge is 0.393 e. The van der Waals surface area contributed by atoms with Crippen molar-refractivity contribution >= 4 is 28.7 Å². The smallest absolute Gasteiger partial charge is 0.254 e. The number of aromatic amines is 1. The average Bonchev–Trinajstić information content (AvgIpc) is 3.41. The molecule has 2 aliphatic heterocycles. The molecule has 8 nitrogen and oxygen atoms in total. The molecule has 1 aromatic heterocycles. The minimum Gasteiger partial charge on any atom is -0.393 e. The van der Waals surface area contributed by atoms with Crippen LogP contribution in [-0.4, -0.2) is 62.8 Å². The Bertz CT molecular complexity index is 1070. The number of ether oxygens (including phenoxy) is 2. The number of amides is 1. The first-order valence-electron chi connectivity index (χ1n) is 10.6. The fraction of sp³-hybridized carbons (Fsp3) is 0.455. The third kappa shape index (κ3) is 5.10. The van der Waals surface area contributed by atoms with Crippen molar-refractivity contribution in [3.8, 4) is 0 Å². The van der Waals surface area contributed by atoms with E-state index in [4.69, 9.17) is 27.4 Å². The van der Waals surface area contributed by atoms with Gasteiger partial charge in [0.15, 0.2) is 11.9 Å². The van der Waals surface area contributed by atoms with Gasteiger partial charge in [-0.3, -0.25) is 4.79 Å². The number of hydrogen-bond acceptors (Lipinski definition) is 6. The van der Waals surface area contributed by atoms with E-state index >= 15 is 8.78 Å². The summed E-state index contributed by atoms with van der Waals surface area (Å²) in [4.78, 5) is 14.5. The standard InChI is InChI=1S/C22H25F2N5O3S/c1-22(2)31-11-18(32-22)21(30)29-5-3-12(4-6-29)20-15(23)7-13(8-16(20)24)14(9-19(25)33)17-10-26-28-27-17/h3,7-8,10,14,18H,4-6,9,11H2,1-2H3,(H2,25,33)(H,26,27,28). The van der Waals surface area contributed by atoms with Crippen LogP contribution in [0, 0.1) is 11.6 Å². The number of hydrogen-bond donors (Lipinski definition) is 2. The van der Waals surface area contributed by atoms with Crippen molar-refractivity contribution in [2.75, 3.05) is 19.7 Å². The Hall–Kier alpha value is -2.76. The Morgan fingerprint density at radius 3 is 2.64 bits per heavy atom. The SMILES string of the molecule is CC1(C)OCC(C(=O)N2CC=C(c3c(F)cc(C(CC(N)=S)c4cn[nH]n4)cc3F)CC2)O1. The third-order valence-corrected chi connectivity index (χ3v) is 5.96. The summed E-state index contributed by atoms with van der Waals surface area (Å²) in [5, 5.41) is 10.3. The lowest BCUT2D eigenvalue weighted by molar-refractivity contribution is -0.159. The molecule has 4 rings (SSSR count). The number of H-pyrrole nitrogens is 1. The first-order valence-corrected chi connectivity index (χ1v) is 11.0. The minimum absolute atomic E-state index is 0.0957. The second kappa shape index (κ2) is 9.24. The number of benzene rings is 1. The first kappa shape index (κ1) is 23.4. The van der Waals surface area contributed by atoms with Gasteiger partial charge in [-0.05, 0) is 43.5 Å². The van der Waals surface area contributed by atoms with Crippen molar-refractivity contribution in [2.45, 2.75) is 44.5 Å². The summed E-state index contributed by atoms with van der Waals surface area (Å²) in [6, 6.07) is 2.56. The number of nitrogens with zero attached hydrogens (tertiary/aromatic N) is 3. The molecule has 1 amide bonds. The van der Waals surface area contributed by atoms with E-state index in [2.05, 4.69) is 15.4 Å². The highest BCUT2D eigenvalue weighted by atomic mass is 32.1. The maximum absolute atomic E-state index is 15.1. The zero-order chi connectivity index (χ0) is 23.8. The van der Waals surface area contributed by atoms with E-state index in [0.717, 1.165) is 0 Å². The zero-order valence-electron chi connectivity index (χ0n) is 18.3. The van der Waals surface area contributed by atoms with Crippen LogP contribution in [0.15, 0.2) is 24.4 Å². The Balaban J connectivity index is 1.53. The topological polar surface area (TPSA) is 106 Å². The number of halogens is 2. The van der Waals surface area contributed by atoms with Crippen molar-refractivity contribution in [2.24, 2.45) is 5.73 Å². The number of rotatable bonds is 6. The van der Waals surface area contributed by atoms with Gasteiger partial charge in [0.05, 0.1) is 23.5 Å². The summed E-state index contributed by atoms with van der Waals surface area (Å²) in [5.41, 5.74) is 6.95. The molecule has 2 aliphatic rings. The molecular weight excluding hydrogens is 452 g/mol. The monoisotopic (exact) mass is 477 g/mol. The quantitative estimate of drug-likeness (QED) is 0.616. The van der Waals surface area contributed by atoms with Crippen LogP contribution >= 0.6 is 12.2 Å². The van der Waals surface area contributed by atoms with Crippen LogP contribution in [0.4, 0.5) is 8.78 Å². The van der Waals surface area contributed by atoms with E-state index in [-0.39, 0.29) is 36.0 Å². The molecule has 3 heterocycles. The number of carbonyl (C=O) groups excluding carboxylic acids is 1. The van der Waals surface area contributed by atoms with Crippen LogP contribution in [-0.2, 0) is 14.3 Å². The van der Waals surface area contributed by atoms with E-state index in [0.29, 0.717) is 29.8 Å². The lowest BCUT2D eigenvalue weighted by Gasteiger charge is -2.29. The molecule has 2 atom stereocenters. The summed E-state index contributed by atoms with van der Waals surface area (Å²) in [6.07, 6.45) is 2.99. The predicted octanol–water partition coefficient (Wildman–Crippen LogP) is 2.66. The van der Waals surface area contributed by atoms with Crippen LogP contribution in [0.1, 0.15) is 49.4 Å². The van der Waals surface area contributed by atoms with E-state index < -0.39 is 29.4 Å². The van der Waals surface area contributed by atoms with Gasteiger partial charge in [0.1, 0.15) is 11.6 Å². The Morgan fingerprint density at radius 2 is 2.12 bits per heavy atom. The maximum Gasteiger partial charge on any atom is 0.254 e. The first-order chi connectivity index (χ1) is 15.6. The van der Waals surface area contributed by atoms with Crippen LogP contribution < -0.4 is 5.73 Å². The van der Waals surface area contributed by atoms with Gasteiger partial charge in [0.25, 0.3) is 5.91 Å². The molecule has 33 heavy (non-hydrogen) atoms. The molecule has 0 saturated carbocycles. The number of nitrogens with one attached hydrogen (secondary N) is 1. The van der Waals surface area contributed by atoms with Crippen LogP contribution in [0.25, 0.3) is 5.57 Å². The van der Waals surface area contributed by atoms with E-state index in [1.807, 2.05) is 0 Å². The van der Waals surface area contributed by atoms with Gasteiger partial charge in [0.2, 0.25) is 0 Å². The van der Waals surface area contributed by atoms with Gasteiger partial charge < -0.3 is 20.1 Å². The number of carbonyl (C=O) groups is 1. The van der Waals surface area contributed by atoms with E-state index in [9.17, 15) is 4.79 Å². The molecule has 2 aromatic rings. The fourth-order valence-electron chi connectivity index (χ4n) is 4.18. The highest BCUT2D eigenvalue weighted by Crippen LogP contribution is 2.33. The second-order valence-electron chi connectivity index (χ2n) is 8.56. The van der Waals surface area contributed by atoms with Crippen LogP contribution in [0.5, 0.6) is 0 Å². The molecule has 176 valence electrons. The van der Waals surface area contributed by atoms with E-state index in [1.54, 1.807) is 24.8 Å². The van der Waals surface area contributed by atoms with Crippen molar-refractivity contribution < 1.29 is 23.0 Å². The van der Waals surface area contributed by atoms with Gasteiger partial charge in [0, 0.05) is 31.0 Å². The third-order valence-electron chi connectivity index (χ3n) is 5.79. The molecule has 3 N–H and O–H groups in total. The molecule has 1 saturated heterocycles. The second-order valence-corrected chi connectivity index (χ2v) is 9.08. The summed E-state index contributed by atoms with van der Waals surface area (Å²) in [7, 11) is 0. The lowest BCUT2D eigenvalue weighted by Crippen LogP contribution is -2.43. The number of aromatic nitrogens is 3. The zero-order valence-corrected chi connectivity index (χ0v) is 19.1. The lowest BCUT2D eigenvalue weighted by atomic mass is 9.89. The normalized spacial score (nSPS) is 21.0. The minimum atomic E-state index is -0.803. The van der Waals surface area contributed by atoms with Crippen LogP contribution in [0.3, 0.4) is 0 Å². The Morgan fingerprint density at radius 1 is 1.39 bits per heavy atom. The summed E-state index contributed by atoms with van der Waals surface area (Å²) < 4.78 is 41.3. The molecule has 0 aliphatic carbocycles. The molecule has 0 radical (unpaired) electrons. The summed E-state index contributed by atoms with van der Waals surface area (Å²) in [5.74, 6) is -2.91. The maximum atomic E-state index is 15.1. The fourth-order valence-corrected chi connectivity index (χ4v) is 4.35. The molecule has 1 fully saturated rings. The molecule has 1 aromatic carbocycles. The van der Waals surface area contributed by atoms with Crippen molar-refractivity contribution in [1.82, 2.24) is 20.3 Å². The Kier molecular flexibility index (Phi) is 6.55. The van der Waals surface area contributed by atoms with Gasteiger partial charge in [-0.1, -0.05) is 18.3 Å². The highest BCUT2D eigenvalue weighted by Gasteiger charge is 2.39. The summed E-state index contributed by atoms with van der Waals surface area (Å²) >= 11 is 5.00. The van der Waals surface area contributed by atoms with E-state index in [1.165, 1.54) is 18.3 Å². The molecular formula is C22H25F2N5O3S. The predicted molar refractivity (Wildman–Crippen MR) is 120 cm³/mol. The number of thiocarbonyl (C=S) groups is 1. The summed E-state index contributed by atoms with van der Waals surface area (Å²) in [6.45, 7) is 4.24. The Labute approximate surface area is 195 Å². The molecule has 0 bridgehead atoms. The molecule has 2 unspecified atom stereocenters. The molecule has 11 heteroatoms. The highest BCUT2D eigenvalue weighted by molar-refractivity contribution is 7.80. The van der Waals surface area contributed by atoms with Gasteiger partial charge in [-0.15, -0.1) is 0 Å². The van der Waals surface area contributed by atoms with Crippen LogP contribution in [0.2, 0.25) is 0 Å². The van der Waals surface area contributed by atoms with Gasteiger partial charge in [-0.2, -0.15) is 15.4 Å².